The third-order valence-corrected chi connectivity index (χ3v) is 8.66. The maximum atomic E-state index is 13.4. The van der Waals surface area contributed by atoms with Gasteiger partial charge in [-0.15, -0.1) is 23.1 Å². The number of hydrogen-bond acceptors (Lipinski definition) is 12. The summed E-state index contributed by atoms with van der Waals surface area (Å²) in [5, 5.41) is 46.0. The minimum absolute atomic E-state index is 0.0109. The van der Waals surface area contributed by atoms with Gasteiger partial charge in [0.05, 0.1) is 5.56 Å². The number of rotatable bonds is 11. The molecule has 1 unspecified atom stereocenters. The number of phenolic OH excluding ortho intramolecular Hbond substituents is 2. The Balaban J connectivity index is 1.32. The van der Waals surface area contributed by atoms with E-state index in [1.54, 1.807) is 12.2 Å². The molecule has 4 heterocycles. The van der Waals surface area contributed by atoms with Crippen LogP contribution in [0.15, 0.2) is 76.7 Å². The first kappa shape index (κ1) is 31.0. The molecular weight excluding hydrogens is 628 g/mol. The molecule has 0 radical (unpaired) electrons. The van der Waals surface area contributed by atoms with Crippen molar-refractivity contribution in [3.05, 3.63) is 88.3 Å². The molecule has 2 amide bonds. The molecule has 0 bridgehead atoms. The number of nitrogens with one attached hydrogen (secondary N) is 1. The number of phenols is 2. The largest absolute Gasteiger partial charge is 0.504 e. The molecule has 3 aromatic rings. The van der Waals surface area contributed by atoms with Gasteiger partial charge in [0.25, 0.3) is 11.8 Å². The number of carbonyl (C=O) groups is 4. The van der Waals surface area contributed by atoms with Gasteiger partial charge in [-0.25, -0.2) is 19.1 Å². The van der Waals surface area contributed by atoms with E-state index in [1.807, 2.05) is 35.2 Å². The fraction of sp³-hybridized carbons (Fsp3) is 0.179. The monoisotopic (exact) mass is 653 g/mol. The van der Waals surface area contributed by atoms with E-state index in [2.05, 4.69) is 15.5 Å². The van der Waals surface area contributed by atoms with Gasteiger partial charge in [0, 0.05) is 28.8 Å². The topological polar surface area (TPSA) is 229 Å². The Bertz CT molecular complexity index is 1770. The number of thiazole rings is 1. The number of fused-ring (bicyclic) bond motifs is 1. The van der Waals surface area contributed by atoms with Gasteiger partial charge in [-0.1, -0.05) is 17.3 Å². The second-order valence-corrected chi connectivity index (χ2v) is 11.6. The number of aromatic carboxylic acids is 1. The number of hydrogen-bond donors (Lipinski definition) is 6. The van der Waals surface area contributed by atoms with E-state index >= 15 is 0 Å². The number of aromatic hydroxyl groups is 2. The average molecular weight is 654 g/mol. The number of allylic oxidation sites excluding steroid dienone is 2. The number of aromatic nitrogens is 2. The molecule has 1 fully saturated rings. The normalized spacial score (nSPS) is 18.0. The number of aliphatic carboxylic acids is 1. The first-order valence-electron chi connectivity index (χ1n) is 13.1. The molecular formula is C28H25N6O9S2+. The third kappa shape index (κ3) is 6.58. The smallest absolute Gasteiger partial charge is 0.352 e. The van der Waals surface area contributed by atoms with Crippen LogP contribution in [0.5, 0.6) is 11.5 Å². The molecule has 2 aromatic heterocycles. The number of nitrogens with two attached hydrogens (primary N) is 1. The van der Waals surface area contributed by atoms with E-state index in [-0.39, 0.29) is 39.1 Å². The van der Waals surface area contributed by atoms with E-state index in [4.69, 9.17) is 10.6 Å². The molecule has 45 heavy (non-hydrogen) atoms. The Labute approximate surface area is 262 Å². The fourth-order valence-electron chi connectivity index (χ4n) is 4.56. The zero-order valence-corrected chi connectivity index (χ0v) is 24.7. The number of pyridine rings is 1. The summed E-state index contributed by atoms with van der Waals surface area (Å²) in [5.74, 6) is -5.15. The average Bonchev–Trinajstić information content (AvgIpc) is 3.44. The number of β-lactam (4-membered cyclic amide) rings is 1. The van der Waals surface area contributed by atoms with Crippen LogP contribution in [-0.2, 0) is 32.4 Å². The molecule has 1 aromatic carbocycles. The fourth-order valence-corrected chi connectivity index (χ4v) is 6.43. The predicted molar refractivity (Wildman–Crippen MR) is 160 cm³/mol. The highest BCUT2D eigenvalue weighted by Crippen LogP contribution is 2.40. The second kappa shape index (κ2) is 13.1. The summed E-state index contributed by atoms with van der Waals surface area (Å²) in [6.45, 7) is -0.0267. The summed E-state index contributed by atoms with van der Waals surface area (Å²) in [5.41, 5.74) is 5.22. The lowest BCUT2D eigenvalue weighted by atomic mass is 10.0. The van der Waals surface area contributed by atoms with Crippen LogP contribution in [0.1, 0.15) is 21.6 Å². The summed E-state index contributed by atoms with van der Waals surface area (Å²) in [7, 11) is 0. The van der Waals surface area contributed by atoms with Gasteiger partial charge >= 0.3 is 11.9 Å². The zero-order chi connectivity index (χ0) is 32.2. The van der Waals surface area contributed by atoms with Crippen molar-refractivity contribution in [2.75, 3.05) is 11.5 Å². The van der Waals surface area contributed by atoms with Crippen molar-refractivity contribution in [2.45, 2.75) is 24.6 Å². The quantitative estimate of drug-likeness (QED) is 0.0561. The molecule has 7 N–H and O–H groups in total. The molecule has 2 atom stereocenters. The number of nitrogens with zero attached hydrogens (tertiary/aromatic N) is 4. The van der Waals surface area contributed by atoms with Gasteiger partial charge in [-0.05, 0) is 23.8 Å². The number of carboxylic acid groups (broad SMARTS) is 2. The van der Waals surface area contributed by atoms with Crippen molar-refractivity contribution in [3.63, 3.8) is 0 Å². The molecule has 2 aliphatic rings. The number of amides is 2. The van der Waals surface area contributed by atoms with Gasteiger partial charge in [0.1, 0.15) is 29.4 Å². The van der Waals surface area contributed by atoms with Gasteiger partial charge in [-0.2, -0.15) is 0 Å². The number of benzene rings is 1. The molecule has 0 aliphatic carbocycles. The standard InChI is InChI=1S/C28H24N6O9S2/c29-28-30-17(13-45-28)20(32-43-11-15-9-18(35)19(36)10-16(15)26(39)40)23(37)31-21-24(38)34-22(27(41)42)14(12-44-25(21)34)5-4-8-33-6-2-1-3-7-33/h1-7,9-10,13,21,25H,8,11-12H2,(H6-,29,30,31,32,35,36,37,39,40,41,42)/p+1/b5-4+/t21?,25-/m0/s1. The Morgan fingerprint density at radius 2 is 1.89 bits per heavy atom. The van der Waals surface area contributed by atoms with Crippen LogP contribution in [0.4, 0.5) is 5.13 Å². The Kier molecular flexibility index (Phi) is 9.01. The number of thioether (sulfide) groups is 1. The highest BCUT2D eigenvalue weighted by molar-refractivity contribution is 8.00. The maximum Gasteiger partial charge on any atom is 0.352 e. The molecule has 17 heteroatoms. The van der Waals surface area contributed by atoms with Crippen LogP contribution in [0, 0.1) is 0 Å². The molecule has 232 valence electrons. The van der Waals surface area contributed by atoms with Crippen LogP contribution >= 0.6 is 23.1 Å². The second-order valence-electron chi connectivity index (χ2n) is 9.60. The molecule has 2 aliphatic heterocycles. The van der Waals surface area contributed by atoms with Crippen molar-refractivity contribution in [3.8, 4) is 11.5 Å². The van der Waals surface area contributed by atoms with Gasteiger partial charge in [0.15, 0.2) is 41.3 Å². The lowest BCUT2D eigenvalue weighted by molar-refractivity contribution is -0.687. The van der Waals surface area contributed by atoms with Crippen LogP contribution < -0.4 is 15.6 Å². The van der Waals surface area contributed by atoms with E-state index in [0.717, 1.165) is 28.4 Å². The Morgan fingerprint density at radius 1 is 1.16 bits per heavy atom. The maximum absolute atomic E-state index is 13.4. The summed E-state index contributed by atoms with van der Waals surface area (Å²) >= 11 is 2.29. The predicted octanol–water partition coefficient (Wildman–Crippen LogP) is 1.04. The third-order valence-electron chi connectivity index (χ3n) is 6.69. The summed E-state index contributed by atoms with van der Waals surface area (Å²) in [6, 6.07) is 6.35. The number of anilines is 1. The van der Waals surface area contributed by atoms with Crippen molar-refractivity contribution < 1.29 is 49.0 Å². The zero-order valence-electron chi connectivity index (χ0n) is 23.1. The van der Waals surface area contributed by atoms with Gasteiger partial charge in [-0.3, -0.25) is 14.5 Å². The van der Waals surface area contributed by atoms with Crippen molar-refractivity contribution in [2.24, 2.45) is 5.16 Å². The number of carbonyl (C=O) groups excluding carboxylic acids is 2. The molecule has 0 spiro atoms. The minimum atomic E-state index is -1.40. The first-order chi connectivity index (χ1) is 21.5. The van der Waals surface area contributed by atoms with Crippen molar-refractivity contribution >= 4 is 57.7 Å². The SMILES string of the molecule is Nc1nc(/C(=N/OCc2cc(O)c(O)cc2C(=O)O)C(=O)NC2C(=O)N3C(C(=O)O)=C(/C=C/C[n+]4ccccc4)CS[C@@H]23)cs1. The van der Waals surface area contributed by atoms with Crippen LogP contribution in [0.2, 0.25) is 0 Å². The Morgan fingerprint density at radius 3 is 2.56 bits per heavy atom. The first-order valence-corrected chi connectivity index (χ1v) is 15.0. The summed E-state index contributed by atoms with van der Waals surface area (Å²) in [4.78, 5) is 60.7. The Hall–Kier alpha value is -5.42. The van der Waals surface area contributed by atoms with E-state index < -0.39 is 53.3 Å². The minimum Gasteiger partial charge on any atom is -0.504 e. The van der Waals surface area contributed by atoms with Crippen LogP contribution in [-0.4, -0.2) is 76.9 Å². The number of carboxylic acids is 2. The van der Waals surface area contributed by atoms with Gasteiger partial charge < -0.3 is 36.3 Å². The highest BCUT2D eigenvalue weighted by Gasteiger charge is 2.54. The number of oxime groups is 1. The number of nitrogen functional groups attached to an aromatic ring is 1. The van der Waals surface area contributed by atoms with E-state index in [0.29, 0.717) is 12.1 Å². The molecule has 5 rings (SSSR count). The highest BCUT2D eigenvalue weighted by atomic mass is 32.2. The van der Waals surface area contributed by atoms with E-state index in [9.17, 15) is 39.6 Å². The summed E-state index contributed by atoms with van der Waals surface area (Å²) < 4.78 is 1.90. The van der Waals surface area contributed by atoms with Gasteiger partial charge in [0.2, 0.25) is 0 Å². The lowest BCUT2D eigenvalue weighted by Gasteiger charge is -2.49. The molecule has 0 saturated carbocycles. The molecule has 1 saturated heterocycles. The summed E-state index contributed by atoms with van der Waals surface area (Å²) in [6.07, 6.45) is 7.19. The van der Waals surface area contributed by atoms with Crippen LogP contribution in [0.3, 0.4) is 0 Å². The van der Waals surface area contributed by atoms with Crippen molar-refractivity contribution in [1.29, 1.82) is 0 Å². The lowest BCUT2D eigenvalue weighted by Crippen LogP contribution is -2.71. The molecule has 15 nitrogen and oxygen atoms in total. The van der Waals surface area contributed by atoms with Crippen molar-refractivity contribution in [1.82, 2.24) is 15.2 Å². The van der Waals surface area contributed by atoms with Crippen LogP contribution in [0.25, 0.3) is 0 Å². The van der Waals surface area contributed by atoms with E-state index in [1.165, 1.54) is 17.1 Å².